The van der Waals surface area contributed by atoms with E-state index in [1.165, 1.54) is 45.1 Å². The molecule has 0 heterocycles. The van der Waals surface area contributed by atoms with Gasteiger partial charge in [0.1, 0.15) is 0 Å². The molecule has 0 bridgehead atoms. The largest absolute Gasteiger partial charge is 0.385 e. The Morgan fingerprint density at radius 1 is 1.29 bits per heavy atom. The van der Waals surface area contributed by atoms with Gasteiger partial charge in [-0.3, -0.25) is 0 Å². The second-order valence-electron chi connectivity index (χ2n) is 4.62. The van der Waals surface area contributed by atoms with Crippen LogP contribution in [0.25, 0.3) is 0 Å². The zero-order chi connectivity index (χ0) is 10.2. The van der Waals surface area contributed by atoms with Gasteiger partial charge in [0.2, 0.25) is 0 Å². The van der Waals surface area contributed by atoms with Crippen molar-refractivity contribution >= 4 is 0 Å². The Kier molecular flexibility index (Phi) is 6.20. The molecule has 0 radical (unpaired) electrons. The SMILES string of the molecule is COCCCCN[C@@H]1CCC[C@@H](C)C1. The van der Waals surface area contributed by atoms with E-state index in [1.807, 2.05) is 0 Å². The van der Waals surface area contributed by atoms with E-state index in [0.717, 1.165) is 18.6 Å². The maximum Gasteiger partial charge on any atom is 0.0462 e. The number of unbranched alkanes of at least 4 members (excludes halogenated alkanes) is 1. The van der Waals surface area contributed by atoms with E-state index in [9.17, 15) is 0 Å². The van der Waals surface area contributed by atoms with Gasteiger partial charge in [-0.1, -0.05) is 19.8 Å². The van der Waals surface area contributed by atoms with Gasteiger partial charge in [-0.2, -0.15) is 0 Å². The van der Waals surface area contributed by atoms with Crippen molar-refractivity contribution in [3.63, 3.8) is 0 Å². The molecule has 0 unspecified atom stereocenters. The van der Waals surface area contributed by atoms with Gasteiger partial charge in [-0.05, 0) is 38.1 Å². The average molecular weight is 199 g/mol. The van der Waals surface area contributed by atoms with Crippen LogP contribution in [0.4, 0.5) is 0 Å². The Balaban J connectivity index is 1.95. The third-order valence-corrected chi connectivity index (χ3v) is 3.14. The van der Waals surface area contributed by atoms with E-state index < -0.39 is 0 Å². The Hall–Kier alpha value is -0.0800. The van der Waals surface area contributed by atoms with Crippen molar-refractivity contribution in [2.75, 3.05) is 20.3 Å². The third-order valence-electron chi connectivity index (χ3n) is 3.14. The van der Waals surface area contributed by atoms with Crippen molar-refractivity contribution in [3.05, 3.63) is 0 Å². The van der Waals surface area contributed by atoms with Crippen LogP contribution in [0.2, 0.25) is 0 Å². The maximum atomic E-state index is 5.02. The Bertz CT molecular complexity index is 138. The summed E-state index contributed by atoms with van der Waals surface area (Å²) < 4.78 is 5.02. The van der Waals surface area contributed by atoms with Crippen molar-refractivity contribution < 1.29 is 4.74 Å². The summed E-state index contributed by atoms with van der Waals surface area (Å²) in [4.78, 5) is 0. The highest BCUT2D eigenvalue weighted by Gasteiger charge is 2.17. The fourth-order valence-electron chi connectivity index (χ4n) is 2.30. The predicted octanol–water partition coefficient (Wildman–Crippen LogP) is 2.58. The van der Waals surface area contributed by atoms with Gasteiger partial charge >= 0.3 is 0 Å². The summed E-state index contributed by atoms with van der Waals surface area (Å²) in [5, 5.41) is 3.66. The van der Waals surface area contributed by atoms with Gasteiger partial charge in [0.15, 0.2) is 0 Å². The predicted molar refractivity (Wildman–Crippen MR) is 60.5 cm³/mol. The first-order valence-electron chi connectivity index (χ1n) is 6.05. The molecule has 2 heteroatoms. The zero-order valence-electron chi connectivity index (χ0n) is 9.72. The van der Waals surface area contributed by atoms with Crippen LogP contribution in [0.3, 0.4) is 0 Å². The zero-order valence-corrected chi connectivity index (χ0v) is 9.72. The normalized spacial score (nSPS) is 27.9. The summed E-state index contributed by atoms with van der Waals surface area (Å²) >= 11 is 0. The molecule has 0 spiro atoms. The van der Waals surface area contributed by atoms with Gasteiger partial charge < -0.3 is 10.1 Å². The molecular weight excluding hydrogens is 174 g/mol. The molecule has 2 nitrogen and oxygen atoms in total. The highest BCUT2D eigenvalue weighted by atomic mass is 16.5. The molecule has 0 aliphatic heterocycles. The lowest BCUT2D eigenvalue weighted by Gasteiger charge is -2.27. The first-order chi connectivity index (χ1) is 6.83. The minimum atomic E-state index is 0.793. The quantitative estimate of drug-likeness (QED) is 0.664. The number of hydrogen-bond donors (Lipinski definition) is 1. The van der Waals surface area contributed by atoms with Crippen LogP contribution >= 0.6 is 0 Å². The van der Waals surface area contributed by atoms with Crippen molar-refractivity contribution in [1.82, 2.24) is 5.32 Å². The van der Waals surface area contributed by atoms with Crippen LogP contribution in [0.15, 0.2) is 0 Å². The van der Waals surface area contributed by atoms with E-state index in [4.69, 9.17) is 4.74 Å². The third kappa shape index (κ3) is 4.97. The van der Waals surface area contributed by atoms with E-state index >= 15 is 0 Å². The molecule has 0 aromatic rings. The molecule has 1 aliphatic rings. The Labute approximate surface area is 88.4 Å². The minimum Gasteiger partial charge on any atom is -0.385 e. The molecule has 2 atom stereocenters. The van der Waals surface area contributed by atoms with E-state index in [-0.39, 0.29) is 0 Å². The molecule has 1 rings (SSSR count). The van der Waals surface area contributed by atoms with Crippen LogP contribution in [0, 0.1) is 5.92 Å². The summed E-state index contributed by atoms with van der Waals surface area (Å²) in [6.45, 7) is 4.45. The summed E-state index contributed by atoms with van der Waals surface area (Å²) in [7, 11) is 1.77. The fraction of sp³-hybridized carbons (Fsp3) is 1.00. The molecule has 0 amide bonds. The van der Waals surface area contributed by atoms with Crippen LogP contribution in [-0.2, 0) is 4.74 Å². The Morgan fingerprint density at radius 3 is 2.86 bits per heavy atom. The van der Waals surface area contributed by atoms with Gasteiger partial charge in [0.25, 0.3) is 0 Å². The smallest absolute Gasteiger partial charge is 0.0462 e. The first-order valence-corrected chi connectivity index (χ1v) is 6.05. The van der Waals surface area contributed by atoms with Crippen molar-refractivity contribution in [2.24, 2.45) is 5.92 Å². The number of methoxy groups -OCH3 is 1. The maximum absolute atomic E-state index is 5.02. The lowest BCUT2D eigenvalue weighted by Crippen LogP contribution is -2.34. The monoisotopic (exact) mass is 199 g/mol. The summed E-state index contributed by atoms with van der Waals surface area (Å²) in [5.41, 5.74) is 0. The Morgan fingerprint density at radius 2 is 2.14 bits per heavy atom. The molecule has 1 fully saturated rings. The highest BCUT2D eigenvalue weighted by molar-refractivity contribution is 4.75. The van der Waals surface area contributed by atoms with Crippen LogP contribution in [0.5, 0.6) is 0 Å². The first kappa shape index (κ1) is 12.0. The van der Waals surface area contributed by atoms with Gasteiger partial charge in [-0.15, -0.1) is 0 Å². The van der Waals surface area contributed by atoms with Crippen molar-refractivity contribution in [2.45, 2.75) is 51.5 Å². The highest BCUT2D eigenvalue weighted by Crippen LogP contribution is 2.23. The van der Waals surface area contributed by atoms with Crippen molar-refractivity contribution in [1.29, 1.82) is 0 Å². The molecule has 0 aromatic heterocycles. The molecule has 1 N–H and O–H groups in total. The topological polar surface area (TPSA) is 21.3 Å². The number of ether oxygens (including phenoxy) is 1. The van der Waals surface area contributed by atoms with Gasteiger partial charge in [-0.25, -0.2) is 0 Å². The molecule has 1 aliphatic carbocycles. The summed E-state index contributed by atoms with van der Waals surface area (Å²) in [6, 6.07) is 0.793. The summed E-state index contributed by atoms with van der Waals surface area (Å²) in [5.74, 6) is 0.931. The lowest BCUT2D eigenvalue weighted by atomic mass is 9.87. The number of rotatable bonds is 6. The van der Waals surface area contributed by atoms with E-state index in [2.05, 4.69) is 12.2 Å². The van der Waals surface area contributed by atoms with Gasteiger partial charge in [0, 0.05) is 19.8 Å². The molecule has 84 valence electrons. The standard InChI is InChI=1S/C12H25NO/c1-11-6-5-7-12(10-11)13-8-3-4-9-14-2/h11-13H,3-10H2,1-2H3/t11-,12-/m1/s1. The van der Waals surface area contributed by atoms with Gasteiger partial charge in [0.05, 0.1) is 0 Å². The van der Waals surface area contributed by atoms with Crippen LogP contribution in [0.1, 0.15) is 45.4 Å². The number of hydrogen-bond acceptors (Lipinski definition) is 2. The fourth-order valence-corrected chi connectivity index (χ4v) is 2.30. The molecule has 14 heavy (non-hydrogen) atoms. The van der Waals surface area contributed by atoms with E-state index in [1.54, 1.807) is 7.11 Å². The lowest BCUT2D eigenvalue weighted by molar-refractivity contribution is 0.191. The molecular formula is C12H25NO. The second kappa shape index (κ2) is 7.24. The van der Waals surface area contributed by atoms with Crippen LogP contribution < -0.4 is 5.32 Å². The molecule has 1 saturated carbocycles. The van der Waals surface area contributed by atoms with Crippen LogP contribution in [-0.4, -0.2) is 26.3 Å². The summed E-state index contributed by atoms with van der Waals surface area (Å²) in [6.07, 6.45) is 8.04. The minimum absolute atomic E-state index is 0.793. The van der Waals surface area contributed by atoms with Crippen molar-refractivity contribution in [3.8, 4) is 0 Å². The second-order valence-corrected chi connectivity index (χ2v) is 4.62. The number of nitrogens with one attached hydrogen (secondary N) is 1. The average Bonchev–Trinajstić information content (AvgIpc) is 2.18. The molecule has 0 aromatic carbocycles. The molecule has 0 saturated heterocycles. The van der Waals surface area contributed by atoms with E-state index in [0.29, 0.717) is 0 Å².